The summed E-state index contributed by atoms with van der Waals surface area (Å²) in [6, 6.07) is 16.5. The molecule has 1 aliphatic carbocycles. The third-order valence-corrected chi connectivity index (χ3v) is 4.44. The molecule has 0 amide bonds. The molecule has 0 saturated carbocycles. The van der Waals surface area contributed by atoms with Gasteiger partial charge in [0.15, 0.2) is 5.78 Å². The van der Waals surface area contributed by atoms with E-state index < -0.39 is 0 Å². The first-order valence-electron chi connectivity index (χ1n) is 6.16. The van der Waals surface area contributed by atoms with Gasteiger partial charge < -0.3 is 0 Å². The van der Waals surface area contributed by atoms with E-state index >= 15 is 0 Å². The molecule has 18 heavy (non-hydrogen) atoms. The third kappa shape index (κ3) is 2.21. The summed E-state index contributed by atoms with van der Waals surface area (Å²) in [7, 11) is 0. The van der Waals surface area contributed by atoms with Crippen LogP contribution in [0.3, 0.4) is 0 Å². The van der Waals surface area contributed by atoms with Crippen LogP contribution in [-0.2, 0) is 12.2 Å². The van der Waals surface area contributed by atoms with E-state index in [0.717, 1.165) is 17.7 Å². The molecule has 3 rings (SSSR count). The third-order valence-electron chi connectivity index (χ3n) is 3.27. The van der Waals surface area contributed by atoms with Crippen molar-refractivity contribution in [1.82, 2.24) is 0 Å². The highest BCUT2D eigenvalue weighted by molar-refractivity contribution is 7.98. The van der Waals surface area contributed by atoms with Crippen molar-refractivity contribution in [3.05, 3.63) is 65.2 Å². The van der Waals surface area contributed by atoms with Crippen molar-refractivity contribution in [3.8, 4) is 0 Å². The Hall–Kier alpha value is -1.54. The fraction of sp³-hybridized carbons (Fsp3) is 0.188. The Morgan fingerprint density at radius 3 is 2.61 bits per heavy atom. The lowest BCUT2D eigenvalue weighted by Crippen LogP contribution is -1.91. The summed E-state index contributed by atoms with van der Waals surface area (Å²) < 4.78 is 0. The van der Waals surface area contributed by atoms with Crippen molar-refractivity contribution < 1.29 is 4.79 Å². The van der Waals surface area contributed by atoms with Crippen molar-refractivity contribution >= 4 is 17.5 Å². The normalized spacial score (nSPS) is 13.7. The molecule has 0 unspecified atom stereocenters. The molecule has 0 saturated heterocycles. The van der Waals surface area contributed by atoms with E-state index in [4.69, 9.17) is 0 Å². The van der Waals surface area contributed by atoms with E-state index in [9.17, 15) is 4.79 Å². The number of carbonyl (C=O) groups excluding carboxylic acids is 1. The van der Waals surface area contributed by atoms with Crippen molar-refractivity contribution in [2.24, 2.45) is 0 Å². The van der Waals surface area contributed by atoms with Gasteiger partial charge in [0.2, 0.25) is 0 Å². The molecule has 2 aromatic rings. The Morgan fingerprint density at radius 2 is 1.78 bits per heavy atom. The van der Waals surface area contributed by atoms with E-state index in [-0.39, 0.29) is 0 Å². The smallest absolute Gasteiger partial charge is 0.163 e. The van der Waals surface area contributed by atoms with Gasteiger partial charge in [-0.2, -0.15) is 0 Å². The Kier molecular flexibility index (Phi) is 3.20. The van der Waals surface area contributed by atoms with E-state index in [1.54, 1.807) is 0 Å². The number of benzene rings is 2. The zero-order valence-electron chi connectivity index (χ0n) is 10.1. The topological polar surface area (TPSA) is 17.1 Å². The lowest BCUT2D eigenvalue weighted by Gasteiger charge is -2.07. The summed E-state index contributed by atoms with van der Waals surface area (Å²) in [6.45, 7) is 0. The lowest BCUT2D eigenvalue weighted by atomic mass is 10.1. The number of rotatable bonds is 3. The number of thioether (sulfide) groups is 1. The second kappa shape index (κ2) is 4.99. The van der Waals surface area contributed by atoms with Gasteiger partial charge in [-0.3, -0.25) is 4.79 Å². The molecular weight excluding hydrogens is 240 g/mol. The van der Waals surface area contributed by atoms with Crippen LogP contribution in [0.5, 0.6) is 0 Å². The van der Waals surface area contributed by atoms with E-state index in [1.165, 1.54) is 16.0 Å². The fourth-order valence-corrected chi connectivity index (χ4v) is 3.40. The monoisotopic (exact) mass is 254 g/mol. The number of Topliss-reactive ketones (excluding diaryl/α,β-unsaturated/α-hetero) is 1. The van der Waals surface area contributed by atoms with E-state index in [2.05, 4.69) is 30.3 Å². The summed E-state index contributed by atoms with van der Waals surface area (Å²) in [4.78, 5) is 12.9. The van der Waals surface area contributed by atoms with Crippen LogP contribution in [0.2, 0.25) is 0 Å². The van der Waals surface area contributed by atoms with Crippen LogP contribution in [0.15, 0.2) is 53.4 Å². The zero-order chi connectivity index (χ0) is 12.4. The fourth-order valence-electron chi connectivity index (χ4n) is 2.33. The van der Waals surface area contributed by atoms with Gasteiger partial charge in [-0.05, 0) is 23.6 Å². The molecular formula is C16H14OS. The SMILES string of the molecule is O=C1CCc2c(SCc3ccccc3)cccc21. The van der Waals surface area contributed by atoms with Crippen molar-refractivity contribution in [3.63, 3.8) is 0 Å². The van der Waals surface area contributed by atoms with Crippen LogP contribution in [-0.4, -0.2) is 5.78 Å². The predicted octanol–water partition coefficient (Wildman–Crippen LogP) is 4.11. The van der Waals surface area contributed by atoms with Gasteiger partial charge in [0.25, 0.3) is 0 Å². The largest absolute Gasteiger partial charge is 0.294 e. The van der Waals surface area contributed by atoms with Crippen LogP contribution in [0, 0.1) is 0 Å². The molecule has 0 bridgehead atoms. The predicted molar refractivity (Wildman–Crippen MR) is 75.1 cm³/mol. The molecule has 1 nitrogen and oxygen atoms in total. The van der Waals surface area contributed by atoms with Crippen molar-refractivity contribution in [2.45, 2.75) is 23.5 Å². The number of fused-ring (bicyclic) bond motifs is 1. The Labute approximate surface area is 111 Å². The van der Waals surface area contributed by atoms with Crippen LogP contribution in [0.4, 0.5) is 0 Å². The van der Waals surface area contributed by atoms with Crippen LogP contribution < -0.4 is 0 Å². The van der Waals surface area contributed by atoms with Crippen molar-refractivity contribution in [2.75, 3.05) is 0 Å². The van der Waals surface area contributed by atoms with Gasteiger partial charge >= 0.3 is 0 Å². The average Bonchev–Trinajstić information content (AvgIpc) is 2.80. The summed E-state index contributed by atoms with van der Waals surface area (Å²) in [6.07, 6.45) is 1.59. The lowest BCUT2D eigenvalue weighted by molar-refractivity contribution is 0.0994. The van der Waals surface area contributed by atoms with E-state index in [0.29, 0.717) is 12.2 Å². The molecule has 2 heteroatoms. The summed E-state index contributed by atoms with van der Waals surface area (Å²) >= 11 is 1.83. The second-order valence-electron chi connectivity index (χ2n) is 4.48. The minimum absolute atomic E-state index is 0.298. The maximum absolute atomic E-state index is 11.7. The average molecular weight is 254 g/mol. The van der Waals surface area contributed by atoms with Crippen LogP contribution in [0.25, 0.3) is 0 Å². The van der Waals surface area contributed by atoms with Gasteiger partial charge in [0.1, 0.15) is 0 Å². The molecule has 2 aromatic carbocycles. The van der Waals surface area contributed by atoms with Gasteiger partial charge in [-0.15, -0.1) is 11.8 Å². The highest BCUT2D eigenvalue weighted by Crippen LogP contribution is 2.33. The van der Waals surface area contributed by atoms with Gasteiger partial charge in [0, 0.05) is 22.6 Å². The molecule has 1 aliphatic rings. The molecule has 0 N–H and O–H groups in total. The Bertz CT molecular complexity index is 575. The molecule has 0 fully saturated rings. The van der Waals surface area contributed by atoms with Gasteiger partial charge in [-0.1, -0.05) is 42.5 Å². The zero-order valence-corrected chi connectivity index (χ0v) is 10.9. The standard InChI is InChI=1S/C16H14OS/c17-15-10-9-14-13(15)7-4-8-16(14)18-11-12-5-2-1-3-6-12/h1-8H,9-11H2. The molecule has 0 heterocycles. The summed E-state index contributed by atoms with van der Waals surface area (Å²) in [5.74, 6) is 1.26. The minimum atomic E-state index is 0.298. The maximum Gasteiger partial charge on any atom is 0.163 e. The quantitative estimate of drug-likeness (QED) is 0.767. The van der Waals surface area contributed by atoms with Crippen molar-refractivity contribution in [1.29, 1.82) is 0 Å². The van der Waals surface area contributed by atoms with Crippen LogP contribution >= 0.6 is 11.8 Å². The van der Waals surface area contributed by atoms with Gasteiger partial charge in [0.05, 0.1) is 0 Å². The number of carbonyl (C=O) groups is 1. The first-order chi connectivity index (χ1) is 8.84. The molecule has 0 atom stereocenters. The summed E-state index contributed by atoms with van der Waals surface area (Å²) in [5, 5.41) is 0. The molecule has 0 radical (unpaired) electrons. The van der Waals surface area contributed by atoms with Gasteiger partial charge in [-0.25, -0.2) is 0 Å². The molecule has 90 valence electrons. The number of hydrogen-bond acceptors (Lipinski definition) is 2. The molecule has 0 spiro atoms. The van der Waals surface area contributed by atoms with Crippen LogP contribution in [0.1, 0.15) is 27.9 Å². The Morgan fingerprint density at radius 1 is 0.944 bits per heavy atom. The minimum Gasteiger partial charge on any atom is -0.294 e. The van der Waals surface area contributed by atoms with E-state index in [1.807, 2.05) is 30.0 Å². The second-order valence-corrected chi connectivity index (χ2v) is 5.50. The first kappa shape index (κ1) is 11.5. The first-order valence-corrected chi connectivity index (χ1v) is 7.15. The Balaban J connectivity index is 1.80. The maximum atomic E-state index is 11.7. The molecule has 0 aliphatic heterocycles. The number of ketones is 1. The number of hydrogen-bond donors (Lipinski definition) is 0. The molecule has 0 aromatic heterocycles. The highest BCUT2D eigenvalue weighted by Gasteiger charge is 2.21. The summed E-state index contributed by atoms with van der Waals surface area (Å²) in [5.41, 5.74) is 3.51. The highest BCUT2D eigenvalue weighted by atomic mass is 32.2.